The number of aliphatic hydroxyl groups excluding tert-OH is 1. The van der Waals surface area contributed by atoms with Crippen LogP contribution in [0.4, 0.5) is 0 Å². The van der Waals surface area contributed by atoms with Crippen LogP contribution >= 0.6 is 0 Å². The quantitative estimate of drug-likeness (QED) is 0.818. The van der Waals surface area contributed by atoms with Crippen LogP contribution in [0.25, 0.3) is 11.1 Å². The number of likely N-dealkylation sites (N-methyl/N-ethyl adjacent to an activating group) is 1. The molecule has 92 valence electrons. The summed E-state index contributed by atoms with van der Waals surface area (Å²) in [5.41, 5.74) is 8.03. The Hall–Kier alpha value is -1.43. The highest BCUT2D eigenvalue weighted by atomic mass is 16.3. The molecule has 0 spiro atoms. The molecule has 0 aliphatic carbocycles. The van der Waals surface area contributed by atoms with Gasteiger partial charge in [-0.1, -0.05) is 6.07 Å². The smallest absolute Gasteiger partial charge is 0.181 e. The average Bonchev–Trinajstić information content (AvgIpc) is 2.75. The van der Waals surface area contributed by atoms with E-state index >= 15 is 0 Å². The van der Waals surface area contributed by atoms with E-state index in [2.05, 4.69) is 4.98 Å². The lowest BCUT2D eigenvalue weighted by Gasteiger charge is -2.28. The Kier molecular flexibility index (Phi) is 3.42. The standard InChI is InChI=1S/C12H17N3O2/c1-15(2)12(10(16)6-13)8-3-4-9-11(5-8)17-7-14-9/h3-5,7,10,12,16H,6,13H2,1-2H3. The fourth-order valence-electron chi connectivity index (χ4n) is 2.05. The maximum Gasteiger partial charge on any atom is 0.181 e. The van der Waals surface area contributed by atoms with Crippen LogP contribution in [-0.4, -0.2) is 41.7 Å². The molecule has 2 rings (SSSR count). The summed E-state index contributed by atoms with van der Waals surface area (Å²) in [6.07, 6.45) is 0.809. The van der Waals surface area contributed by atoms with Crippen molar-refractivity contribution in [3.05, 3.63) is 30.2 Å². The van der Waals surface area contributed by atoms with Gasteiger partial charge in [-0.3, -0.25) is 0 Å². The highest BCUT2D eigenvalue weighted by molar-refractivity contribution is 5.72. The maximum atomic E-state index is 9.95. The largest absolute Gasteiger partial charge is 0.443 e. The van der Waals surface area contributed by atoms with Gasteiger partial charge in [0.15, 0.2) is 12.0 Å². The van der Waals surface area contributed by atoms with Crippen molar-refractivity contribution >= 4 is 11.1 Å². The van der Waals surface area contributed by atoms with Crippen LogP contribution in [0.15, 0.2) is 29.0 Å². The van der Waals surface area contributed by atoms with Gasteiger partial charge in [-0.25, -0.2) is 4.98 Å². The molecule has 0 saturated heterocycles. The summed E-state index contributed by atoms with van der Waals surface area (Å²) >= 11 is 0. The molecular formula is C12H17N3O2. The van der Waals surface area contributed by atoms with Gasteiger partial charge < -0.3 is 20.2 Å². The summed E-state index contributed by atoms with van der Waals surface area (Å²) in [6.45, 7) is 0.220. The highest BCUT2D eigenvalue weighted by Crippen LogP contribution is 2.25. The summed E-state index contributed by atoms with van der Waals surface area (Å²) in [5.74, 6) is 0. The van der Waals surface area contributed by atoms with Crippen molar-refractivity contribution in [2.24, 2.45) is 5.73 Å². The Morgan fingerprint density at radius 2 is 2.24 bits per heavy atom. The lowest BCUT2D eigenvalue weighted by atomic mass is 10.00. The lowest BCUT2D eigenvalue weighted by Crippen LogP contribution is -2.36. The minimum absolute atomic E-state index is 0.144. The molecule has 5 nitrogen and oxygen atoms in total. The topological polar surface area (TPSA) is 75.5 Å². The molecule has 0 amide bonds. The number of aromatic nitrogens is 1. The van der Waals surface area contributed by atoms with Crippen molar-refractivity contribution in [1.82, 2.24) is 9.88 Å². The number of nitrogens with zero attached hydrogens (tertiary/aromatic N) is 2. The fraction of sp³-hybridized carbons (Fsp3) is 0.417. The van der Waals surface area contributed by atoms with Crippen molar-refractivity contribution < 1.29 is 9.52 Å². The third-order valence-corrected chi connectivity index (χ3v) is 2.86. The zero-order valence-electron chi connectivity index (χ0n) is 10.00. The van der Waals surface area contributed by atoms with Gasteiger partial charge in [-0.05, 0) is 31.8 Å². The van der Waals surface area contributed by atoms with Crippen LogP contribution < -0.4 is 5.73 Å². The Morgan fingerprint density at radius 1 is 1.47 bits per heavy atom. The third kappa shape index (κ3) is 2.31. The lowest BCUT2D eigenvalue weighted by molar-refractivity contribution is 0.0824. The predicted octanol–water partition coefficient (Wildman–Crippen LogP) is 0.750. The van der Waals surface area contributed by atoms with Gasteiger partial charge in [0.05, 0.1) is 12.1 Å². The first-order chi connectivity index (χ1) is 8.13. The van der Waals surface area contributed by atoms with E-state index in [1.165, 1.54) is 6.39 Å². The Morgan fingerprint density at radius 3 is 2.88 bits per heavy atom. The van der Waals surface area contributed by atoms with Crippen LogP contribution in [0, 0.1) is 0 Å². The molecule has 0 aliphatic rings. The molecule has 1 aromatic carbocycles. The van der Waals surface area contributed by atoms with Gasteiger partial charge >= 0.3 is 0 Å². The van der Waals surface area contributed by atoms with Gasteiger partial charge in [0.2, 0.25) is 0 Å². The Labute approximate surface area is 99.8 Å². The number of fused-ring (bicyclic) bond motifs is 1. The van der Waals surface area contributed by atoms with Gasteiger partial charge in [0, 0.05) is 6.54 Å². The first-order valence-electron chi connectivity index (χ1n) is 5.51. The van der Waals surface area contributed by atoms with Crippen molar-refractivity contribution in [1.29, 1.82) is 0 Å². The molecule has 2 unspecified atom stereocenters. The maximum absolute atomic E-state index is 9.95. The minimum Gasteiger partial charge on any atom is -0.443 e. The zero-order valence-corrected chi connectivity index (χ0v) is 10.00. The van der Waals surface area contributed by atoms with E-state index in [0.29, 0.717) is 0 Å². The Bertz CT molecular complexity index is 495. The molecule has 1 aromatic heterocycles. The second-order valence-electron chi connectivity index (χ2n) is 4.29. The van der Waals surface area contributed by atoms with E-state index < -0.39 is 6.10 Å². The van der Waals surface area contributed by atoms with Crippen LogP contribution in [0.3, 0.4) is 0 Å². The molecule has 1 heterocycles. The summed E-state index contributed by atoms with van der Waals surface area (Å²) < 4.78 is 5.26. The van der Waals surface area contributed by atoms with Crippen LogP contribution in [-0.2, 0) is 0 Å². The molecule has 2 atom stereocenters. The Balaban J connectivity index is 2.40. The van der Waals surface area contributed by atoms with Crippen molar-refractivity contribution in [3.8, 4) is 0 Å². The van der Waals surface area contributed by atoms with Crippen LogP contribution in [0.5, 0.6) is 0 Å². The van der Waals surface area contributed by atoms with Gasteiger partial charge in [-0.2, -0.15) is 0 Å². The van der Waals surface area contributed by atoms with E-state index in [4.69, 9.17) is 10.2 Å². The van der Waals surface area contributed by atoms with E-state index in [9.17, 15) is 5.11 Å². The second kappa shape index (κ2) is 4.83. The molecule has 3 N–H and O–H groups in total. The number of rotatable bonds is 4. The molecular weight excluding hydrogens is 218 g/mol. The number of aliphatic hydroxyl groups is 1. The number of benzene rings is 1. The summed E-state index contributed by atoms with van der Waals surface area (Å²) in [4.78, 5) is 6.00. The van der Waals surface area contributed by atoms with Crippen molar-refractivity contribution in [2.75, 3.05) is 20.6 Å². The van der Waals surface area contributed by atoms with Crippen molar-refractivity contribution in [3.63, 3.8) is 0 Å². The molecule has 5 heteroatoms. The minimum atomic E-state index is -0.606. The number of oxazole rings is 1. The zero-order chi connectivity index (χ0) is 12.4. The van der Waals surface area contributed by atoms with Crippen LogP contribution in [0.2, 0.25) is 0 Å². The molecule has 0 fully saturated rings. The summed E-state index contributed by atoms with van der Waals surface area (Å²) in [6, 6.07) is 5.57. The first-order valence-corrected chi connectivity index (χ1v) is 5.51. The van der Waals surface area contributed by atoms with E-state index in [1.807, 2.05) is 37.2 Å². The normalized spacial score (nSPS) is 15.4. The summed E-state index contributed by atoms with van der Waals surface area (Å²) in [7, 11) is 3.82. The molecule has 0 aliphatic heterocycles. The molecule has 0 radical (unpaired) electrons. The van der Waals surface area contributed by atoms with Gasteiger partial charge in [0.25, 0.3) is 0 Å². The van der Waals surface area contributed by atoms with E-state index in [-0.39, 0.29) is 12.6 Å². The number of nitrogens with two attached hydrogens (primary N) is 1. The van der Waals surface area contributed by atoms with E-state index in [1.54, 1.807) is 0 Å². The SMILES string of the molecule is CN(C)C(c1ccc2ncoc2c1)C(O)CN. The van der Waals surface area contributed by atoms with Gasteiger partial charge in [-0.15, -0.1) is 0 Å². The highest BCUT2D eigenvalue weighted by Gasteiger charge is 2.22. The monoisotopic (exact) mass is 235 g/mol. The molecule has 2 aromatic rings. The van der Waals surface area contributed by atoms with Crippen molar-refractivity contribution in [2.45, 2.75) is 12.1 Å². The third-order valence-electron chi connectivity index (χ3n) is 2.86. The number of hydrogen-bond donors (Lipinski definition) is 2. The number of hydrogen-bond acceptors (Lipinski definition) is 5. The molecule has 0 saturated carbocycles. The average molecular weight is 235 g/mol. The molecule has 0 bridgehead atoms. The predicted molar refractivity (Wildman–Crippen MR) is 65.5 cm³/mol. The second-order valence-corrected chi connectivity index (χ2v) is 4.29. The van der Waals surface area contributed by atoms with Gasteiger partial charge in [0.1, 0.15) is 5.52 Å². The fourth-order valence-corrected chi connectivity index (χ4v) is 2.05. The summed E-state index contributed by atoms with van der Waals surface area (Å²) in [5, 5.41) is 9.95. The van der Waals surface area contributed by atoms with E-state index in [0.717, 1.165) is 16.7 Å². The molecule has 17 heavy (non-hydrogen) atoms. The van der Waals surface area contributed by atoms with Crippen LogP contribution in [0.1, 0.15) is 11.6 Å². The first kappa shape index (κ1) is 12.0.